The number of aromatic nitrogens is 2. The van der Waals surface area contributed by atoms with Crippen molar-refractivity contribution in [1.29, 1.82) is 0 Å². The zero-order chi connectivity index (χ0) is 12.3. The molecule has 0 aliphatic carbocycles. The minimum Gasteiger partial charge on any atom is -0.467 e. The molecule has 0 amide bonds. The molecule has 2 rings (SSSR count). The molecule has 1 N–H and O–H groups in total. The van der Waals surface area contributed by atoms with Crippen LogP contribution in [-0.2, 0) is 13.5 Å². The van der Waals surface area contributed by atoms with Crippen LogP contribution >= 0.6 is 0 Å². The van der Waals surface area contributed by atoms with Gasteiger partial charge in [-0.15, -0.1) is 0 Å². The highest BCUT2D eigenvalue weighted by Gasteiger charge is 2.15. The molecule has 2 aromatic heterocycles. The topological polar surface area (TPSA) is 43.0 Å². The quantitative estimate of drug-likeness (QED) is 0.861. The summed E-state index contributed by atoms with van der Waals surface area (Å²) in [6.07, 6.45) is 5.58. The van der Waals surface area contributed by atoms with Crippen molar-refractivity contribution in [2.24, 2.45) is 7.05 Å². The Morgan fingerprint density at radius 3 is 2.82 bits per heavy atom. The third-order valence-electron chi connectivity index (χ3n) is 3.18. The van der Waals surface area contributed by atoms with Gasteiger partial charge in [-0.05, 0) is 44.5 Å². The lowest BCUT2D eigenvalue weighted by Gasteiger charge is -2.14. The van der Waals surface area contributed by atoms with Crippen LogP contribution in [0.5, 0.6) is 0 Å². The predicted molar refractivity (Wildman–Crippen MR) is 66.8 cm³/mol. The molecule has 2 heterocycles. The molecule has 0 bridgehead atoms. The summed E-state index contributed by atoms with van der Waals surface area (Å²) in [6, 6.07) is 4.32. The molecule has 0 aliphatic rings. The van der Waals surface area contributed by atoms with Crippen LogP contribution < -0.4 is 5.32 Å². The maximum atomic E-state index is 5.53. The van der Waals surface area contributed by atoms with E-state index >= 15 is 0 Å². The molecule has 0 saturated carbocycles. The number of hydrogen-bond acceptors (Lipinski definition) is 3. The Hall–Kier alpha value is -1.55. The number of aryl methyl sites for hydroxylation is 3. The van der Waals surface area contributed by atoms with E-state index in [0.717, 1.165) is 18.6 Å². The number of rotatable bonds is 5. The molecule has 0 fully saturated rings. The molecule has 0 radical (unpaired) electrons. The predicted octanol–water partition coefficient (Wildman–Crippen LogP) is 2.21. The van der Waals surface area contributed by atoms with E-state index in [4.69, 9.17) is 4.42 Å². The minimum absolute atomic E-state index is 0.264. The molecular weight excluding hydrogens is 214 g/mol. The van der Waals surface area contributed by atoms with Crippen LogP contribution in [0, 0.1) is 6.92 Å². The van der Waals surface area contributed by atoms with Gasteiger partial charge in [0, 0.05) is 18.9 Å². The molecule has 0 spiro atoms. The molecule has 1 atom stereocenters. The fraction of sp³-hybridized carbons (Fsp3) is 0.462. The first kappa shape index (κ1) is 11.9. The summed E-state index contributed by atoms with van der Waals surface area (Å²) in [5.41, 5.74) is 2.45. The molecule has 1 unspecified atom stereocenters. The van der Waals surface area contributed by atoms with Gasteiger partial charge in [-0.3, -0.25) is 4.68 Å². The zero-order valence-corrected chi connectivity index (χ0v) is 10.6. The number of nitrogens with one attached hydrogen (secondary N) is 1. The number of hydrogen-bond donors (Lipinski definition) is 1. The molecule has 0 aromatic carbocycles. The standard InChI is InChI=1S/C13H19N3O/c1-10-7-9-17-13(10)12(14-2)5-4-11-6-8-15-16(11)3/h6-9,12,14H,4-5H2,1-3H3. The Balaban J connectivity index is 2.02. The number of nitrogens with zero attached hydrogens (tertiary/aromatic N) is 2. The van der Waals surface area contributed by atoms with Crippen molar-refractivity contribution in [3.8, 4) is 0 Å². The first-order valence-corrected chi connectivity index (χ1v) is 5.90. The molecular formula is C13H19N3O. The van der Waals surface area contributed by atoms with E-state index in [0.29, 0.717) is 0 Å². The molecule has 92 valence electrons. The van der Waals surface area contributed by atoms with Crippen molar-refractivity contribution in [2.45, 2.75) is 25.8 Å². The van der Waals surface area contributed by atoms with Gasteiger partial charge in [-0.1, -0.05) is 0 Å². The van der Waals surface area contributed by atoms with Crippen molar-refractivity contribution >= 4 is 0 Å². The van der Waals surface area contributed by atoms with Gasteiger partial charge in [0.2, 0.25) is 0 Å². The van der Waals surface area contributed by atoms with Crippen LogP contribution in [0.2, 0.25) is 0 Å². The second-order valence-corrected chi connectivity index (χ2v) is 4.29. The average Bonchev–Trinajstić information content (AvgIpc) is 2.90. The lowest BCUT2D eigenvalue weighted by molar-refractivity contribution is 0.409. The van der Waals surface area contributed by atoms with Crippen LogP contribution in [0.4, 0.5) is 0 Å². The van der Waals surface area contributed by atoms with Gasteiger partial charge >= 0.3 is 0 Å². The second kappa shape index (κ2) is 5.19. The van der Waals surface area contributed by atoms with Crippen molar-refractivity contribution in [2.75, 3.05) is 7.05 Å². The first-order valence-electron chi connectivity index (χ1n) is 5.90. The van der Waals surface area contributed by atoms with Crippen molar-refractivity contribution < 1.29 is 4.42 Å². The molecule has 2 aromatic rings. The van der Waals surface area contributed by atoms with Gasteiger partial charge < -0.3 is 9.73 Å². The Morgan fingerprint density at radius 1 is 1.47 bits per heavy atom. The van der Waals surface area contributed by atoms with Gasteiger partial charge in [-0.2, -0.15) is 5.10 Å². The van der Waals surface area contributed by atoms with E-state index in [9.17, 15) is 0 Å². The summed E-state index contributed by atoms with van der Waals surface area (Å²) < 4.78 is 7.45. The van der Waals surface area contributed by atoms with Crippen LogP contribution in [0.3, 0.4) is 0 Å². The van der Waals surface area contributed by atoms with Crippen molar-refractivity contribution in [3.63, 3.8) is 0 Å². The highest BCUT2D eigenvalue weighted by Crippen LogP contribution is 2.22. The van der Waals surface area contributed by atoms with Crippen molar-refractivity contribution in [3.05, 3.63) is 41.6 Å². The van der Waals surface area contributed by atoms with E-state index in [-0.39, 0.29) is 6.04 Å². The Bertz CT molecular complexity index is 472. The molecule has 0 saturated heterocycles. The van der Waals surface area contributed by atoms with Gasteiger partial charge in [0.1, 0.15) is 5.76 Å². The third kappa shape index (κ3) is 2.58. The van der Waals surface area contributed by atoms with E-state index in [2.05, 4.69) is 23.4 Å². The fourth-order valence-electron chi connectivity index (χ4n) is 2.09. The highest BCUT2D eigenvalue weighted by molar-refractivity contribution is 5.18. The largest absolute Gasteiger partial charge is 0.467 e. The van der Waals surface area contributed by atoms with Crippen LogP contribution in [0.15, 0.2) is 29.0 Å². The maximum Gasteiger partial charge on any atom is 0.123 e. The Kier molecular flexibility index (Phi) is 3.64. The second-order valence-electron chi connectivity index (χ2n) is 4.29. The number of furan rings is 1. The van der Waals surface area contributed by atoms with E-state index in [1.165, 1.54) is 11.3 Å². The summed E-state index contributed by atoms with van der Waals surface area (Å²) in [5.74, 6) is 1.04. The van der Waals surface area contributed by atoms with Gasteiger partial charge in [0.15, 0.2) is 0 Å². The Labute approximate surface area is 102 Å². The fourth-order valence-corrected chi connectivity index (χ4v) is 2.09. The summed E-state index contributed by atoms with van der Waals surface area (Å²) in [5, 5.41) is 7.48. The van der Waals surface area contributed by atoms with Crippen LogP contribution in [0.1, 0.15) is 29.5 Å². The SMILES string of the molecule is CNC(CCc1ccnn1C)c1occc1C. The third-order valence-corrected chi connectivity index (χ3v) is 3.18. The lowest BCUT2D eigenvalue weighted by Crippen LogP contribution is -2.17. The minimum atomic E-state index is 0.264. The van der Waals surface area contributed by atoms with Gasteiger partial charge in [0.25, 0.3) is 0 Å². The molecule has 4 nitrogen and oxygen atoms in total. The average molecular weight is 233 g/mol. The molecule has 17 heavy (non-hydrogen) atoms. The summed E-state index contributed by atoms with van der Waals surface area (Å²) in [4.78, 5) is 0. The summed E-state index contributed by atoms with van der Waals surface area (Å²) >= 11 is 0. The maximum absolute atomic E-state index is 5.53. The van der Waals surface area contributed by atoms with Gasteiger partial charge in [-0.25, -0.2) is 0 Å². The Morgan fingerprint density at radius 2 is 2.29 bits per heavy atom. The van der Waals surface area contributed by atoms with Crippen LogP contribution in [-0.4, -0.2) is 16.8 Å². The monoisotopic (exact) mass is 233 g/mol. The molecule has 4 heteroatoms. The highest BCUT2D eigenvalue weighted by atomic mass is 16.3. The first-order chi connectivity index (χ1) is 8.22. The zero-order valence-electron chi connectivity index (χ0n) is 10.6. The smallest absolute Gasteiger partial charge is 0.123 e. The van der Waals surface area contributed by atoms with E-state index in [1.807, 2.05) is 31.0 Å². The van der Waals surface area contributed by atoms with E-state index < -0.39 is 0 Å². The summed E-state index contributed by atoms with van der Waals surface area (Å²) in [6.45, 7) is 2.08. The molecule has 0 aliphatic heterocycles. The summed E-state index contributed by atoms with van der Waals surface area (Å²) in [7, 11) is 3.94. The van der Waals surface area contributed by atoms with E-state index in [1.54, 1.807) is 6.26 Å². The van der Waals surface area contributed by atoms with Gasteiger partial charge in [0.05, 0.1) is 12.3 Å². The normalized spacial score (nSPS) is 12.9. The lowest BCUT2D eigenvalue weighted by atomic mass is 10.0. The van der Waals surface area contributed by atoms with Crippen molar-refractivity contribution in [1.82, 2.24) is 15.1 Å². The van der Waals surface area contributed by atoms with Crippen LogP contribution in [0.25, 0.3) is 0 Å².